The van der Waals surface area contributed by atoms with Gasteiger partial charge in [-0.15, -0.1) is 0 Å². The SMILES string of the molecule is CC1(C)OB(c2cc3c(=O)n([C@H]4CCCC[C@@H]4O)ccc3c3ncccc23)OC1(C)C. The van der Waals surface area contributed by atoms with Crippen molar-refractivity contribution >= 4 is 34.3 Å². The van der Waals surface area contributed by atoms with Crippen molar-refractivity contribution in [2.45, 2.75) is 76.7 Å². The van der Waals surface area contributed by atoms with Crippen LogP contribution >= 0.6 is 0 Å². The van der Waals surface area contributed by atoms with Crippen LogP contribution in [0.3, 0.4) is 0 Å². The topological polar surface area (TPSA) is 73.6 Å². The first-order chi connectivity index (χ1) is 14.7. The second-order valence-corrected chi connectivity index (χ2v) is 9.86. The number of nitrogens with zero attached hydrogens (tertiary/aromatic N) is 2. The first-order valence-electron chi connectivity index (χ1n) is 11.2. The summed E-state index contributed by atoms with van der Waals surface area (Å²) in [5.74, 6) is 0. The van der Waals surface area contributed by atoms with Gasteiger partial charge in [-0.25, -0.2) is 0 Å². The highest BCUT2D eigenvalue weighted by atomic mass is 16.7. The number of benzene rings is 1. The Kier molecular flexibility index (Phi) is 4.77. The van der Waals surface area contributed by atoms with E-state index in [4.69, 9.17) is 9.31 Å². The molecule has 2 atom stereocenters. The summed E-state index contributed by atoms with van der Waals surface area (Å²) >= 11 is 0. The minimum absolute atomic E-state index is 0.103. The normalized spacial score (nSPS) is 25.4. The molecule has 2 fully saturated rings. The Hall–Kier alpha value is -2.22. The number of aliphatic hydroxyl groups excluding tert-OH is 1. The van der Waals surface area contributed by atoms with Crippen LogP contribution in [-0.2, 0) is 9.31 Å². The average Bonchev–Trinajstić information content (AvgIpc) is 2.95. The summed E-state index contributed by atoms with van der Waals surface area (Å²) in [6.45, 7) is 8.08. The number of pyridine rings is 2. The summed E-state index contributed by atoms with van der Waals surface area (Å²) < 4.78 is 14.3. The van der Waals surface area contributed by atoms with Crippen LogP contribution in [-0.4, -0.2) is 39.1 Å². The van der Waals surface area contributed by atoms with Crippen LogP contribution in [0.4, 0.5) is 0 Å². The van der Waals surface area contributed by atoms with Crippen molar-refractivity contribution in [2.24, 2.45) is 0 Å². The molecule has 0 bridgehead atoms. The first kappa shape index (κ1) is 20.7. The highest BCUT2D eigenvalue weighted by molar-refractivity contribution is 6.65. The van der Waals surface area contributed by atoms with Crippen LogP contribution in [0.15, 0.2) is 41.5 Å². The summed E-state index contributed by atoms with van der Waals surface area (Å²) in [6.07, 6.45) is 6.62. The van der Waals surface area contributed by atoms with E-state index >= 15 is 0 Å². The molecule has 6 nitrogen and oxygen atoms in total. The van der Waals surface area contributed by atoms with Crippen molar-refractivity contribution in [3.63, 3.8) is 0 Å². The Morgan fingerprint density at radius 1 is 1.06 bits per heavy atom. The van der Waals surface area contributed by atoms with Crippen molar-refractivity contribution < 1.29 is 14.4 Å². The Labute approximate surface area is 182 Å². The Balaban J connectivity index is 1.72. The summed E-state index contributed by atoms with van der Waals surface area (Å²) in [4.78, 5) is 18.2. The number of aliphatic hydroxyl groups is 1. The van der Waals surface area contributed by atoms with Gasteiger partial charge >= 0.3 is 7.12 Å². The van der Waals surface area contributed by atoms with E-state index in [-0.39, 0.29) is 11.6 Å². The molecular weight excluding hydrogens is 391 g/mol. The van der Waals surface area contributed by atoms with Crippen LogP contribution in [0.25, 0.3) is 21.7 Å². The fourth-order valence-electron chi connectivity index (χ4n) is 4.84. The lowest BCUT2D eigenvalue weighted by atomic mass is 9.75. The van der Waals surface area contributed by atoms with Gasteiger partial charge in [0.15, 0.2) is 0 Å². The van der Waals surface area contributed by atoms with E-state index in [0.29, 0.717) is 5.39 Å². The van der Waals surface area contributed by atoms with E-state index < -0.39 is 24.4 Å². The average molecular weight is 420 g/mol. The minimum Gasteiger partial charge on any atom is -0.399 e. The quantitative estimate of drug-likeness (QED) is 0.509. The number of hydrogen-bond donors (Lipinski definition) is 1. The predicted molar refractivity (Wildman–Crippen MR) is 123 cm³/mol. The van der Waals surface area contributed by atoms with Crippen LogP contribution < -0.4 is 11.0 Å². The van der Waals surface area contributed by atoms with Gasteiger partial charge in [0.2, 0.25) is 0 Å². The van der Waals surface area contributed by atoms with Crippen molar-refractivity contribution in [2.75, 3.05) is 0 Å². The molecular formula is C24H29BN2O4. The van der Waals surface area contributed by atoms with Gasteiger partial charge in [0.25, 0.3) is 5.56 Å². The van der Waals surface area contributed by atoms with Crippen LogP contribution in [0.1, 0.15) is 59.4 Å². The molecule has 1 saturated heterocycles. The van der Waals surface area contributed by atoms with Gasteiger partial charge in [-0.1, -0.05) is 18.9 Å². The predicted octanol–water partition coefficient (Wildman–Crippen LogP) is 3.32. The van der Waals surface area contributed by atoms with E-state index in [2.05, 4.69) is 4.98 Å². The molecule has 1 N–H and O–H groups in total. The van der Waals surface area contributed by atoms with Crippen molar-refractivity contribution in [1.82, 2.24) is 9.55 Å². The second kappa shape index (κ2) is 7.15. The maximum atomic E-state index is 13.6. The molecule has 2 aromatic heterocycles. The van der Waals surface area contributed by atoms with Gasteiger partial charge in [0.1, 0.15) is 0 Å². The zero-order valence-corrected chi connectivity index (χ0v) is 18.6. The van der Waals surface area contributed by atoms with Crippen LogP contribution in [0, 0.1) is 0 Å². The monoisotopic (exact) mass is 420 g/mol. The lowest BCUT2D eigenvalue weighted by Crippen LogP contribution is -2.41. The third kappa shape index (κ3) is 3.22. The molecule has 3 aromatic rings. The summed E-state index contributed by atoms with van der Waals surface area (Å²) in [5, 5.41) is 12.8. The molecule has 1 aromatic carbocycles. The third-order valence-electron chi connectivity index (χ3n) is 7.39. The standard InChI is InChI=1S/C24H29BN2O4/c1-23(2)24(3,4)31-25(30-23)18-14-17-15(21-16(18)8-7-12-26-21)11-13-27(22(17)29)19-9-5-6-10-20(19)28/h7-8,11-14,19-20,28H,5-6,9-10H2,1-4H3/t19-,20-/m0/s1. The molecule has 1 saturated carbocycles. The number of hydrogen-bond acceptors (Lipinski definition) is 5. The molecule has 2 aliphatic rings. The Morgan fingerprint density at radius 3 is 2.48 bits per heavy atom. The van der Waals surface area contributed by atoms with Gasteiger partial charge in [0.05, 0.1) is 28.9 Å². The van der Waals surface area contributed by atoms with Crippen LogP contribution in [0.2, 0.25) is 0 Å². The van der Waals surface area contributed by atoms with E-state index in [1.54, 1.807) is 10.8 Å². The highest BCUT2D eigenvalue weighted by Crippen LogP contribution is 2.37. The maximum absolute atomic E-state index is 13.6. The number of fused-ring (bicyclic) bond motifs is 3. The lowest BCUT2D eigenvalue weighted by molar-refractivity contribution is 0.00578. The van der Waals surface area contributed by atoms with Gasteiger partial charge in [-0.2, -0.15) is 0 Å². The van der Waals surface area contributed by atoms with Gasteiger partial charge < -0.3 is 19.0 Å². The second-order valence-electron chi connectivity index (χ2n) is 9.86. The fourth-order valence-corrected chi connectivity index (χ4v) is 4.84. The maximum Gasteiger partial charge on any atom is 0.495 e. The van der Waals surface area contributed by atoms with Crippen LogP contribution in [0.5, 0.6) is 0 Å². The highest BCUT2D eigenvalue weighted by Gasteiger charge is 2.52. The molecule has 1 aliphatic heterocycles. The molecule has 0 radical (unpaired) electrons. The molecule has 162 valence electrons. The van der Waals surface area contributed by atoms with E-state index in [9.17, 15) is 9.90 Å². The fraction of sp³-hybridized carbons (Fsp3) is 0.500. The smallest absolute Gasteiger partial charge is 0.399 e. The number of aromatic nitrogens is 2. The largest absolute Gasteiger partial charge is 0.495 e. The Bertz CT molecular complexity index is 1200. The van der Waals surface area contributed by atoms with E-state index in [0.717, 1.165) is 47.4 Å². The molecule has 0 unspecified atom stereocenters. The Morgan fingerprint density at radius 2 is 1.77 bits per heavy atom. The third-order valence-corrected chi connectivity index (χ3v) is 7.39. The molecule has 0 spiro atoms. The van der Waals surface area contributed by atoms with Gasteiger partial charge in [-0.3, -0.25) is 9.78 Å². The molecule has 1 aliphatic carbocycles. The van der Waals surface area contributed by atoms with Gasteiger partial charge in [0, 0.05) is 28.6 Å². The molecule has 5 rings (SSSR count). The molecule has 0 amide bonds. The zero-order chi connectivity index (χ0) is 22.0. The van der Waals surface area contributed by atoms with Crippen molar-refractivity contribution in [3.05, 3.63) is 47.0 Å². The van der Waals surface area contributed by atoms with E-state index in [1.165, 1.54) is 0 Å². The summed E-state index contributed by atoms with van der Waals surface area (Å²) in [6, 6.07) is 7.54. The van der Waals surface area contributed by atoms with Crippen molar-refractivity contribution in [3.8, 4) is 0 Å². The molecule has 31 heavy (non-hydrogen) atoms. The zero-order valence-electron chi connectivity index (χ0n) is 18.6. The summed E-state index contributed by atoms with van der Waals surface area (Å²) in [7, 11) is -0.588. The summed E-state index contributed by atoms with van der Waals surface area (Å²) in [5.41, 5.74) is 0.509. The van der Waals surface area contributed by atoms with Gasteiger partial charge in [-0.05, 0) is 64.2 Å². The number of rotatable bonds is 2. The van der Waals surface area contributed by atoms with E-state index in [1.807, 2.05) is 58.2 Å². The molecule has 3 heterocycles. The molecule has 7 heteroatoms. The van der Waals surface area contributed by atoms with Crippen molar-refractivity contribution in [1.29, 1.82) is 0 Å². The minimum atomic E-state index is -0.588. The lowest BCUT2D eigenvalue weighted by Gasteiger charge is -2.32. The first-order valence-corrected chi connectivity index (χ1v) is 11.2.